The Balaban J connectivity index is 1.35. The van der Waals surface area contributed by atoms with Crippen LogP contribution in [0.2, 0.25) is 0 Å². The highest BCUT2D eigenvalue weighted by Crippen LogP contribution is 2.25. The first-order valence-electron chi connectivity index (χ1n) is 9.70. The third-order valence-electron chi connectivity index (χ3n) is 5.38. The summed E-state index contributed by atoms with van der Waals surface area (Å²) in [5, 5.41) is 0. The highest BCUT2D eigenvalue weighted by Gasteiger charge is 2.26. The lowest BCUT2D eigenvalue weighted by Crippen LogP contribution is -2.46. The Bertz CT molecular complexity index is 887. The molecule has 0 amide bonds. The number of hydrogen-bond acceptors (Lipinski definition) is 6. The number of piperazine rings is 1. The summed E-state index contributed by atoms with van der Waals surface area (Å²) in [6, 6.07) is 7.83. The SMILES string of the molecule is O=S(=O)(c1ccc(N2CCN(Cc3ccc(Br)s3)CC2)nc1)N1CCCCC1. The molecule has 2 aromatic rings. The largest absolute Gasteiger partial charge is 0.354 e. The molecule has 0 saturated carbocycles. The number of pyridine rings is 1. The van der Waals surface area contributed by atoms with Gasteiger partial charge in [0.1, 0.15) is 10.7 Å². The number of thiophene rings is 1. The molecule has 0 atom stereocenters. The molecule has 0 aromatic carbocycles. The molecule has 0 aliphatic carbocycles. The molecule has 0 unspecified atom stereocenters. The van der Waals surface area contributed by atoms with Crippen LogP contribution in [0.25, 0.3) is 0 Å². The molecule has 152 valence electrons. The summed E-state index contributed by atoms with van der Waals surface area (Å²) >= 11 is 5.30. The number of halogens is 1. The van der Waals surface area contributed by atoms with Gasteiger partial charge >= 0.3 is 0 Å². The lowest BCUT2D eigenvalue weighted by atomic mass is 10.2. The Hall–Kier alpha value is -1.00. The molecule has 2 saturated heterocycles. The van der Waals surface area contributed by atoms with Gasteiger partial charge in [-0.05, 0) is 53.0 Å². The van der Waals surface area contributed by atoms with Crippen LogP contribution in [-0.2, 0) is 16.6 Å². The third-order valence-corrected chi connectivity index (χ3v) is 8.87. The number of anilines is 1. The molecule has 4 rings (SSSR count). The van der Waals surface area contributed by atoms with Crippen LogP contribution in [0.4, 0.5) is 5.82 Å². The van der Waals surface area contributed by atoms with Crippen molar-refractivity contribution in [3.63, 3.8) is 0 Å². The number of nitrogens with zero attached hydrogens (tertiary/aromatic N) is 4. The van der Waals surface area contributed by atoms with Crippen molar-refractivity contribution in [1.82, 2.24) is 14.2 Å². The normalized spacial score (nSPS) is 19.8. The van der Waals surface area contributed by atoms with Crippen LogP contribution >= 0.6 is 27.3 Å². The third kappa shape index (κ3) is 4.59. The summed E-state index contributed by atoms with van der Waals surface area (Å²) in [5.74, 6) is 0.858. The molecule has 2 aromatic heterocycles. The highest BCUT2D eigenvalue weighted by molar-refractivity contribution is 9.11. The standard InChI is InChI=1S/C19H25BrN4O2S2/c20-18-6-4-16(27-18)15-22-10-12-23(13-11-22)19-7-5-17(14-21-19)28(25,26)24-8-2-1-3-9-24/h4-7,14H,1-3,8-13,15H2. The maximum atomic E-state index is 12.8. The molecule has 0 N–H and O–H groups in total. The molecule has 6 nitrogen and oxygen atoms in total. The van der Waals surface area contributed by atoms with Crippen molar-refractivity contribution in [3.05, 3.63) is 39.1 Å². The van der Waals surface area contributed by atoms with E-state index >= 15 is 0 Å². The predicted molar refractivity (Wildman–Crippen MR) is 116 cm³/mol. The average Bonchev–Trinajstić information content (AvgIpc) is 3.14. The molecular formula is C19H25BrN4O2S2. The van der Waals surface area contributed by atoms with E-state index in [0.29, 0.717) is 18.0 Å². The predicted octanol–water partition coefficient (Wildman–Crippen LogP) is 3.40. The molecule has 0 bridgehead atoms. The van der Waals surface area contributed by atoms with Gasteiger partial charge in [0.25, 0.3) is 0 Å². The number of piperidine rings is 1. The lowest BCUT2D eigenvalue weighted by molar-refractivity contribution is 0.251. The van der Waals surface area contributed by atoms with Gasteiger partial charge in [-0.15, -0.1) is 11.3 Å². The highest BCUT2D eigenvalue weighted by atomic mass is 79.9. The van der Waals surface area contributed by atoms with Crippen LogP contribution in [0.1, 0.15) is 24.1 Å². The van der Waals surface area contributed by atoms with Gasteiger partial charge in [-0.2, -0.15) is 4.31 Å². The van der Waals surface area contributed by atoms with Crippen LogP contribution in [-0.4, -0.2) is 61.9 Å². The number of rotatable bonds is 5. The topological polar surface area (TPSA) is 56.8 Å². The zero-order valence-electron chi connectivity index (χ0n) is 15.8. The summed E-state index contributed by atoms with van der Waals surface area (Å²) in [5.41, 5.74) is 0. The van der Waals surface area contributed by atoms with Gasteiger partial charge in [0.15, 0.2) is 0 Å². The van der Waals surface area contributed by atoms with Gasteiger partial charge in [-0.25, -0.2) is 13.4 Å². The van der Waals surface area contributed by atoms with Gasteiger partial charge in [0.05, 0.1) is 3.79 Å². The van der Waals surface area contributed by atoms with Crippen molar-refractivity contribution in [2.75, 3.05) is 44.2 Å². The minimum atomic E-state index is -3.41. The summed E-state index contributed by atoms with van der Waals surface area (Å²) in [4.78, 5) is 10.8. The van der Waals surface area contributed by atoms with Gasteiger partial charge in [-0.1, -0.05) is 6.42 Å². The van der Waals surface area contributed by atoms with Gasteiger partial charge in [0, 0.05) is 56.9 Å². The Labute approximate surface area is 179 Å². The van der Waals surface area contributed by atoms with E-state index in [1.165, 1.54) is 14.9 Å². The number of sulfonamides is 1. The zero-order valence-corrected chi connectivity index (χ0v) is 19.0. The smallest absolute Gasteiger partial charge is 0.244 e. The van der Waals surface area contributed by atoms with Crippen LogP contribution in [0.15, 0.2) is 39.1 Å². The van der Waals surface area contributed by atoms with Gasteiger partial charge < -0.3 is 4.90 Å². The molecule has 0 spiro atoms. The molecule has 2 fully saturated rings. The van der Waals surface area contributed by atoms with E-state index in [0.717, 1.165) is 57.8 Å². The Kier molecular flexibility index (Phi) is 6.37. The fourth-order valence-corrected chi connectivity index (χ4v) is 6.75. The second-order valence-corrected chi connectivity index (χ2v) is 11.8. The Morgan fingerprint density at radius 1 is 0.964 bits per heavy atom. The molecule has 2 aliphatic rings. The van der Waals surface area contributed by atoms with E-state index in [1.807, 2.05) is 6.07 Å². The van der Waals surface area contributed by atoms with Crippen molar-refractivity contribution < 1.29 is 8.42 Å². The second-order valence-electron chi connectivity index (χ2n) is 7.29. The van der Waals surface area contributed by atoms with Crippen molar-refractivity contribution >= 4 is 43.1 Å². The monoisotopic (exact) mass is 484 g/mol. The van der Waals surface area contributed by atoms with Crippen molar-refractivity contribution in [2.45, 2.75) is 30.7 Å². The fourth-order valence-electron chi connectivity index (χ4n) is 3.76. The van der Waals surface area contributed by atoms with Crippen LogP contribution < -0.4 is 4.90 Å². The van der Waals surface area contributed by atoms with Gasteiger partial charge in [0.2, 0.25) is 10.0 Å². The Morgan fingerprint density at radius 3 is 2.32 bits per heavy atom. The lowest BCUT2D eigenvalue weighted by Gasteiger charge is -2.35. The van der Waals surface area contributed by atoms with Crippen LogP contribution in [0.3, 0.4) is 0 Å². The average molecular weight is 485 g/mol. The number of aromatic nitrogens is 1. The first-order chi connectivity index (χ1) is 13.5. The quantitative estimate of drug-likeness (QED) is 0.650. The summed E-state index contributed by atoms with van der Waals surface area (Å²) in [6.07, 6.45) is 4.52. The maximum absolute atomic E-state index is 12.8. The first-order valence-corrected chi connectivity index (χ1v) is 12.7. The van der Waals surface area contributed by atoms with Crippen LogP contribution in [0, 0.1) is 0 Å². The zero-order chi connectivity index (χ0) is 19.6. The second kappa shape index (κ2) is 8.79. The number of hydrogen-bond donors (Lipinski definition) is 0. The molecule has 9 heteroatoms. The van der Waals surface area contributed by atoms with Crippen molar-refractivity contribution in [3.8, 4) is 0 Å². The van der Waals surface area contributed by atoms with E-state index in [2.05, 4.69) is 42.8 Å². The van der Waals surface area contributed by atoms with E-state index in [9.17, 15) is 8.42 Å². The van der Waals surface area contributed by atoms with Crippen molar-refractivity contribution in [1.29, 1.82) is 0 Å². The molecule has 4 heterocycles. The molecule has 28 heavy (non-hydrogen) atoms. The fraction of sp³-hybridized carbons (Fsp3) is 0.526. The summed E-state index contributed by atoms with van der Waals surface area (Å²) < 4.78 is 28.3. The summed E-state index contributed by atoms with van der Waals surface area (Å²) in [6.45, 7) is 5.97. The first kappa shape index (κ1) is 20.3. The minimum absolute atomic E-state index is 0.306. The molecule has 2 aliphatic heterocycles. The molecule has 0 radical (unpaired) electrons. The molecular weight excluding hydrogens is 460 g/mol. The van der Waals surface area contributed by atoms with E-state index in [4.69, 9.17) is 0 Å². The Morgan fingerprint density at radius 2 is 1.71 bits per heavy atom. The van der Waals surface area contributed by atoms with Crippen LogP contribution in [0.5, 0.6) is 0 Å². The van der Waals surface area contributed by atoms with E-state index in [1.54, 1.807) is 21.7 Å². The summed E-state index contributed by atoms with van der Waals surface area (Å²) in [7, 11) is -3.41. The maximum Gasteiger partial charge on any atom is 0.244 e. The van der Waals surface area contributed by atoms with E-state index < -0.39 is 10.0 Å². The van der Waals surface area contributed by atoms with Crippen molar-refractivity contribution in [2.24, 2.45) is 0 Å². The minimum Gasteiger partial charge on any atom is -0.354 e. The van der Waals surface area contributed by atoms with Gasteiger partial charge in [-0.3, -0.25) is 4.90 Å². The van der Waals surface area contributed by atoms with E-state index in [-0.39, 0.29) is 0 Å².